The Morgan fingerprint density at radius 2 is 2.29 bits per heavy atom. The minimum atomic E-state index is -0.852. The summed E-state index contributed by atoms with van der Waals surface area (Å²) in [6.07, 6.45) is 4.13. The molecule has 0 spiro atoms. The van der Waals surface area contributed by atoms with Gasteiger partial charge in [0.25, 0.3) is 0 Å². The van der Waals surface area contributed by atoms with Crippen LogP contribution in [0.4, 0.5) is 0 Å². The van der Waals surface area contributed by atoms with E-state index in [0.29, 0.717) is 24.3 Å². The topological polar surface area (TPSA) is 58.6 Å². The SMILES string of the molecule is COC1CC(NC/C=C(/C)C(=O)O)C1. The van der Waals surface area contributed by atoms with Crippen LogP contribution >= 0.6 is 0 Å². The molecule has 0 aromatic heterocycles. The lowest BCUT2D eigenvalue weighted by Crippen LogP contribution is -2.45. The smallest absolute Gasteiger partial charge is 0.330 e. The number of carboxylic acid groups (broad SMARTS) is 1. The fraction of sp³-hybridized carbons (Fsp3) is 0.700. The number of rotatable bonds is 5. The molecule has 0 saturated heterocycles. The van der Waals surface area contributed by atoms with Gasteiger partial charge in [-0.3, -0.25) is 0 Å². The van der Waals surface area contributed by atoms with Crippen LogP contribution in [0.25, 0.3) is 0 Å². The van der Waals surface area contributed by atoms with E-state index >= 15 is 0 Å². The molecule has 1 aliphatic rings. The van der Waals surface area contributed by atoms with Gasteiger partial charge in [-0.2, -0.15) is 0 Å². The molecule has 2 N–H and O–H groups in total. The second-order valence-corrected chi connectivity index (χ2v) is 3.63. The van der Waals surface area contributed by atoms with Gasteiger partial charge in [0, 0.05) is 25.3 Å². The third-order valence-corrected chi connectivity index (χ3v) is 2.58. The van der Waals surface area contributed by atoms with E-state index in [2.05, 4.69) is 5.32 Å². The quantitative estimate of drug-likeness (QED) is 0.642. The Kier molecular flexibility index (Phi) is 4.10. The minimum absolute atomic E-state index is 0.386. The molecule has 0 aliphatic heterocycles. The first-order chi connectivity index (χ1) is 6.63. The second-order valence-electron chi connectivity index (χ2n) is 3.63. The highest BCUT2D eigenvalue weighted by molar-refractivity contribution is 5.85. The highest BCUT2D eigenvalue weighted by Crippen LogP contribution is 2.22. The van der Waals surface area contributed by atoms with Crippen LogP contribution in [0.2, 0.25) is 0 Å². The zero-order valence-corrected chi connectivity index (χ0v) is 8.62. The van der Waals surface area contributed by atoms with Gasteiger partial charge in [0.1, 0.15) is 0 Å². The van der Waals surface area contributed by atoms with E-state index in [9.17, 15) is 4.79 Å². The summed E-state index contributed by atoms with van der Waals surface area (Å²) in [5, 5.41) is 11.8. The standard InChI is InChI=1S/C10H17NO3/c1-7(10(12)13)3-4-11-8-5-9(6-8)14-2/h3,8-9,11H,4-6H2,1-2H3,(H,12,13)/b7-3-. The molecule has 4 nitrogen and oxygen atoms in total. The average Bonchev–Trinajstić information content (AvgIpc) is 2.08. The average molecular weight is 199 g/mol. The van der Waals surface area contributed by atoms with Crippen LogP contribution in [0.5, 0.6) is 0 Å². The first-order valence-electron chi connectivity index (χ1n) is 4.79. The van der Waals surface area contributed by atoms with E-state index < -0.39 is 5.97 Å². The molecule has 0 radical (unpaired) electrons. The molecule has 1 rings (SSSR count). The number of carboxylic acids is 1. The molecular formula is C10H17NO3. The maximum absolute atomic E-state index is 10.4. The van der Waals surface area contributed by atoms with Crippen molar-refractivity contribution in [3.8, 4) is 0 Å². The Morgan fingerprint density at radius 1 is 1.64 bits per heavy atom. The van der Waals surface area contributed by atoms with Crippen LogP contribution in [0, 0.1) is 0 Å². The van der Waals surface area contributed by atoms with Crippen LogP contribution in [-0.2, 0) is 9.53 Å². The van der Waals surface area contributed by atoms with Crippen LogP contribution in [0.3, 0.4) is 0 Å². The van der Waals surface area contributed by atoms with Crippen molar-refractivity contribution in [2.45, 2.75) is 31.9 Å². The van der Waals surface area contributed by atoms with E-state index in [1.807, 2.05) is 0 Å². The molecule has 0 aromatic rings. The van der Waals surface area contributed by atoms with Gasteiger partial charge >= 0.3 is 5.97 Å². The summed E-state index contributed by atoms with van der Waals surface area (Å²) in [5.41, 5.74) is 0.389. The predicted molar refractivity (Wildman–Crippen MR) is 53.2 cm³/mol. The van der Waals surface area contributed by atoms with Gasteiger partial charge in [-0.05, 0) is 19.8 Å². The lowest BCUT2D eigenvalue weighted by molar-refractivity contribution is -0.132. The van der Waals surface area contributed by atoms with Gasteiger partial charge in [-0.25, -0.2) is 4.79 Å². The Bertz CT molecular complexity index is 232. The number of carbonyl (C=O) groups is 1. The Labute approximate surface area is 83.9 Å². The highest BCUT2D eigenvalue weighted by Gasteiger charge is 2.27. The van der Waals surface area contributed by atoms with Gasteiger partial charge in [-0.15, -0.1) is 0 Å². The molecular weight excluding hydrogens is 182 g/mol. The number of nitrogens with one attached hydrogen (secondary N) is 1. The second kappa shape index (κ2) is 5.12. The molecule has 14 heavy (non-hydrogen) atoms. The van der Waals surface area contributed by atoms with Crippen molar-refractivity contribution in [1.82, 2.24) is 5.32 Å². The molecule has 0 aromatic carbocycles. The Balaban J connectivity index is 2.11. The van der Waals surface area contributed by atoms with Crippen LogP contribution in [-0.4, -0.2) is 36.9 Å². The van der Waals surface area contributed by atoms with Crippen LogP contribution in [0.15, 0.2) is 11.6 Å². The third-order valence-electron chi connectivity index (χ3n) is 2.58. The lowest BCUT2D eigenvalue weighted by Gasteiger charge is -2.34. The molecule has 1 aliphatic carbocycles. The number of hydrogen-bond acceptors (Lipinski definition) is 3. The van der Waals surface area contributed by atoms with Gasteiger partial charge in [0.15, 0.2) is 0 Å². The Hall–Kier alpha value is -0.870. The summed E-state index contributed by atoms with van der Waals surface area (Å²) in [6, 6.07) is 0.484. The summed E-state index contributed by atoms with van der Waals surface area (Å²) in [4.78, 5) is 10.4. The number of aliphatic carboxylic acids is 1. The van der Waals surface area contributed by atoms with E-state index in [-0.39, 0.29) is 0 Å². The molecule has 0 unspecified atom stereocenters. The first kappa shape index (κ1) is 11.2. The first-order valence-corrected chi connectivity index (χ1v) is 4.79. The van der Waals surface area contributed by atoms with Crippen molar-refractivity contribution < 1.29 is 14.6 Å². The third kappa shape index (κ3) is 3.12. The maximum Gasteiger partial charge on any atom is 0.330 e. The minimum Gasteiger partial charge on any atom is -0.478 e. The van der Waals surface area contributed by atoms with Crippen molar-refractivity contribution >= 4 is 5.97 Å². The maximum atomic E-state index is 10.4. The van der Waals surface area contributed by atoms with Crippen LogP contribution in [0.1, 0.15) is 19.8 Å². The molecule has 1 fully saturated rings. The molecule has 80 valence electrons. The van der Waals surface area contributed by atoms with E-state index in [4.69, 9.17) is 9.84 Å². The summed E-state index contributed by atoms with van der Waals surface area (Å²) < 4.78 is 5.13. The van der Waals surface area contributed by atoms with Gasteiger partial charge in [0.05, 0.1) is 6.10 Å². The number of hydrogen-bond donors (Lipinski definition) is 2. The summed E-state index contributed by atoms with van der Waals surface area (Å²) >= 11 is 0. The van der Waals surface area contributed by atoms with E-state index in [1.54, 1.807) is 20.1 Å². The van der Waals surface area contributed by atoms with E-state index in [0.717, 1.165) is 12.8 Å². The fourth-order valence-electron chi connectivity index (χ4n) is 1.39. The summed E-state index contributed by atoms with van der Waals surface area (Å²) in [6.45, 7) is 2.22. The lowest BCUT2D eigenvalue weighted by atomic mass is 9.89. The van der Waals surface area contributed by atoms with Crippen molar-refractivity contribution in [3.05, 3.63) is 11.6 Å². The van der Waals surface area contributed by atoms with Crippen molar-refractivity contribution in [2.24, 2.45) is 0 Å². The molecule has 0 heterocycles. The largest absolute Gasteiger partial charge is 0.478 e. The van der Waals surface area contributed by atoms with Crippen molar-refractivity contribution in [1.29, 1.82) is 0 Å². The van der Waals surface area contributed by atoms with Gasteiger partial charge in [-0.1, -0.05) is 6.08 Å². The summed E-state index contributed by atoms with van der Waals surface area (Å²) in [7, 11) is 1.72. The predicted octanol–water partition coefficient (Wildman–Crippen LogP) is 0.784. The Morgan fingerprint density at radius 3 is 2.79 bits per heavy atom. The normalized spacial score (nSPS) is 27.1. The van der Waals surface area contributed by atoms with Crippen molar-refractivity contribution in [2.75, 3.05) is 13.7 Å². The zero-order valence-electron chi connectivity index (χ0n) is 8.62. The monoisotopic (exact) mass is 199 g/mol. The highest BCUT2D eigenvalue weighted by atomic mass is 16.5. The molecule has 4 heteroatoms. The molecule has 0 atom stereocenters. The van der Waals surface area contributed by atoms with Gasteiger partial charge < -0.3 is 15.2 Å². The number of methoxy groups -OCH3 is 1. The molecule has 0 bridgehead atoms. The van der Waals surface area contributed by atoms with Crippen molar-refractivity contribution in [3.63, 3.8) is 0 Å². The van der Waals surface area contributed by atoms with Gasteiger partial charge in [0.2, 0.25) is 0 Å². The zero-order chi connectivity index (χ0) is 10.6. The van der Waals surface area contributed by atoms with Crippen LogP contribution < -0.4 is 5.32 Å². The number of ether oxygens (including phenoxy) is 1. The molecule has 1 saturated carbocycles. The molecule has 0 amide bonds. The fourth-order valence-corrected chi connectivity index (χ4v) is 1.39. The summed E-state index contributed by atoms with van der Waals surface area (Å²) in [5.74, 6) is -0.852. The van der Waals surface area contributed by atoms with E-state index in [1.165, 1.54) is 0 Å².